The van der Waals surface area contributed by atoms with Crippen molar-refractivity contribution < 1.29 is 4.79 Å². The average Bonchev–Trinajstić information content (AvgIpc) is 2.63. The number of anilines is 2. The third-order valence-electron chi connectivity index (χ3n) is 5.02. The lowest BCUT2D eigenvalue weighted by molar-refractivity contribution is -0.120. The number of rotatable bonds is 4. The number of aryl methyl sites for hydroxylation is 2. The Balaban J connectivity index is 1.56. The van der Waals surface area contributed by atoms with Crippen molar-refractivity contribution in [3.05, 3.63) is 59.7 Å². The molecule has 4 heteroatoms. The SMILES string of the molecule is Cc1ccc(NC(=O)C(C)N2CCN(c3ccccc3C)CC2)cc1. The van der Waals surface area contributed by atoms with Gasteiger partial charge in [-0.25, -0.2) is 0 Å². The highest BCUT2D eigenvalue weighted by molar-refractivity contribution is 5.94. The maximum absolute atomic E-state index is 12.5. The van der Waals surface area contributed by atoms with Crippen molar-refractivity contribution in [1.82, 2.24) is 4.90 Å². The maximum atomic E-state index is 12.5. The van der Waals surface area contributed by atoms with Gasteiger partial charge in [-0.1, -0.05) is 35.9 Å². The number of carbonyl (C=O) groups excluding carboxylic acids is 1. The average molecular weight is 337 g/mol. The zero-order chi connectivity index (χ0) is 17.8. The standard InChI is InChI=1S/C21H27N3O/c1-16-8-10-19(11-9-16)22-21(25)18(3)23-12-14-24(15-13-23)20-7-5-4-6-17(20)2/h4-11,18H,12-15H2,1-3H3,(H,22,25). The predicted molar refractivity (Wildman–Crippen MR) is 104 cm³/mol. The first-order valence-electron chi connectivity index (χ1n) is 8.97. The molecule has 0 aliphatic carbocycles. The smallest absolute Gasteiger partial charge is 0.241 e. The summed E-state index contributed by atoms with van der Waals surface area (Å²) in [4.78, 5) is 17.2. The van der Waals surface area contributed by atoms with Crippen LogP contribution in [-0.2, 0) is 4.79 Å². The van der Waals surface area contributed by atoms with E-state index >= 15 is 0 Å². The lowest BCUT2D eigenvalue weighted by Crippen LogP contribution is -2.53. The fourth-order valence-electron chi connectivity index (χ4n) is 3.32. The normalized spacial score (nSPS) is 16.5. The Hall–Kier alpha value is -2.33. The van der Waals surface area contributed by atoms with Crippen LogP contribution in [0.4, 0.5) is 11.4 Å². The number of amides is 1. The molecule has 2 aromatic carbocycles. The summed E-state index contributed by atoms with van der Waals surface area (Å²) in [5.74, 6) is 0.0631. The second-order valence-electron chi connectivity index (χ2n) is 6.84. The van der Waals surface area contributed by atoms with E-state index in [4.69, 9.17) is 0 Å². The van der Waals surface area contributed by atoms with Gasteiger partial charge in [0.15, 0.2) is 0 Å². The van der Waals surface area contributed by atoms with Crippen molar-refractivity contribution in [2.24, 2.45) is 0 Å². The van der Waals surface area contributed by atoms with E-state index in [2.05, 4.69) is 46.3 Å². The topological polar surface area (TPSA) is 35.6 Å². The summed E-state index contributed by atoms with van der Waals surface area (Å²) in [6.45, 7) is 9.89. The zero-order valence-electron chi connectivity index (χ0n) is 15.3. The Kier molecular flexibility index (Phi) is 5.39. The van der Waals surface area contributed by atoms with Crippen LogP contribution in [0.15, 0.2) is 48.5 Å². The molecule has 4 nitrogen and oxygen atoms in total. The molecular formula is C21H27N3O. The van der Waals surface area contributed by atoms with Crippen LogP contribution in [0.3, 0.4) is 0 Å². The Morgan fingerprint density at radius 3 is 2.24 bits per heavy atom. The van der Waals surface area contributed by atoms with E-state index in [1.807, 2.05) is 38.1 Å². The minimum Gasteiger partial charge on any atom is -0.369 e. The van der Waals surface area contributed by atoms with Crippen LogP contribution in [0.5, 0.6) is 0 Å². The Morgan fingerprint density at radius 1 is 0.960 bits per heavy atom. The van der Waals surface area contributed by atoms with Gasteiger partial charge >= 0.3 is 0 Å². The largest absolute Gasteiger partial charge is 0.369 e. The van der Waals surface area contributed by atoms with Gasteiger partial charge in [0.1, 0.15) is 0 Å². The number of nitrogens with one attached hydrogen (secondary N) is 1. The fraction of sp³-hybridized carbons (Fsp3) is 0.381. The highest BCUT2D eigenvalue weighted by Gasteiger charge is 2.26. The first-order chi connectivity index (χ1) is 12.0. The molecule has 1 N–H and O–H groups in total. The summed E-state index contributed by atoms with van der Waals surface area (Å²) in [6.07, 6.45) is 0. The van der Waals surface area contributed by atoms with Crippen LogP contribution >= 0.6 is 0 Å². The molecule has 1 aliphatic heterocycles. The molecule has 132 valence electrons. The van der Waals surface area contributed by atoms with Crippen LogP contribution in [0.1, 0.15) is 18.1 Å². The zero-order valence-corrected chi connectivity index (χ0v) is 15.3. The lowest BCUT2D eigenvalue weighted by atomic mass is 10.1. The Bertz CT molecular complexity index is 718. The predicted octanol–water partition coefficient (Wildman–Crippen LogP) is 3.45. The second kappa shape index (κ2) is 7.70. The molecule has 1 aliphatic rings. The molecule has 2 aromatic rings. The summed E-state index contributed by atoms with van der Waals surface area (Å²) < 4.78 is 0. The molecule has 0 spiro atoms. The van der Waals surface area contributed by atoms with Crippen LogP contribution in [0.2, 0.25) is 0 Å². The number of nitrogens with zero attached hydrogens (tertiary/aromatic N) is 2. The van der Waals surface area contributed by atoms with Crippen LogP contribution in [0.25, 0.3) is 0 Å². The van der Waals surface area contributed by atoms with Crippen molar-refractivity contribution >= 4 is 17.3 Å². The van der Waals surface area contributed by atoms with Crippen LogP contribution in [-0.4, -0.2) is 43.0 Å². The minimum atomic E-state index is -0.125. The number of hydrogen-bond donors (Lipinski definition) is 1. The Morgan fingerprint density at radius 2 is 1.60 bits per heavy atom. The molecule has 0 aromatic heterocycles. The number of piperazine rings is 1. The molecule has 1 unspecified atom stereocenters. The van der Waals surface area contributed by atoms with E-state index in [0.29, 0.717) is 0 Å². The van der Waals surface area contributed by atoms with Gasteiger partial charge in [-0.15, -0.1) is 0 Å². The molecule has 0 radical (unpaired) electrons. The third-order valence-corrected chi connectivity index (χ3v) is 5.02. The van der Waals surface area contributed by atoms with E-state index in [1.165, 1.54) is 16.8 Å². The van der Waals surface area contributed by atoms with Crippen molar-refractivity contribution in [2.45, 2.75) is 26.8 Å². The molecule has 1 atom stereocenters. The maximum Gasteiger partial charge on any atom is 0.241 e. The minimum absolute atomic E-state index is 0.0631. The second-order valence-corrected chi connectivity index (χ2v) is 6.84. The molecule has 1 heterocycles. The van der Waals surface area contributed by atoms with Gasteiger partial charge in [0, 0.05) is 37.6 Å². The molecule has 0 bridgehead atoms. The molecule has 1 saturated heterocycles. The number of benzene rings is 2. The molecule has 1 amide bonds. The van der Waals surface area contributed by atoms with Gasteiger partial charge in [0.25, 0.3) is 0 Å². The van der Waals surface area contributed by atoms with Gasteiger partial charge in [0.05, 0.1) is 6.04 Å². The van der Waals surface area contributed by atoms with E-state index in [1.54, 1.807) is 0 Å². The molecular weight excluding hydrogens is 310 g/mol. The van der Waals surface area contributed by atoms with Gasteiger partial charge in [-0.05, 0) is 44.5 Å². The summed E-state index contributed by atoms with van der Waals surface area (Å²) in [5, 5.41) is 3.02. The van der Waals surface area contributed by atoms with Crippen LogP contribution < -0.4 is 10.2 Å². The van der Waals surface area contributed by atoms with Gasteiger partial charge in [-0.2, -0.15) is 0 Å². The summed E-state index contributed by atoms with van der Waals surface area (Å²) >= 11 is 0. The molecule has 25 heavy (non-hydrogen) atoms. The quantitative estimate of drug-likeness (QED) is 0.928. The first kappa shape index (κ1) is 17.5. The lowest BCUT2D eigenvalue weighted by Gasteiger charge is -2.39. The monoisotopic (exact) mass is 337 g/mol. The number of hydrogen-bond acceptors (Lipinski definition) is 3. The van der Waals surface area contributed by atoms with E-state index < -0.39 is 0 Å². The van der Waals surface area contributed by atoms with E-state index in [9.17, 15) is 4.79 Å². The van der Waals surface area contributed by atoms with E-state index in [-0.39, 0.29) is 11.9 Å². The molecule has 3 rings (SSSR count). The summed E-state index contributed by atoms with van der Waals surface area (Å²) in [5.41, 5.74) is 4.67. The number of para-hydroxylation sites is 1. The van der Waals surface area contributed by atoms with Crippen molar-refractivity contribution in [3.8, 4) is 0 Å². The summed E-state index contributed by atoms with van der Waals surface area (Å²) in [7, 11) is 0. The highest BCUT2D eigenvalue weighted by atomic mass is 16.2. The van der Waals surface area contributed by atoms with Crippen molar-refractivity contribution in [2.75, 3.05) is 36.4 Å². The Labute approximate surface area is 150 Å². The van der Waals surface area contributed by atoms with E-state index in [0.717, 1.165) is 31.9 Å². The van der Waals surface area contributed by atoms with Crippen molar-refractivity contribution in [3.63, 3.8) is 0 Å². The van der Waals surface area contributed by atoms with Gasteiger partial charge in [-0.3, -0.25) is 9.69 Å². The third kappa shape index (κ3) is 4.20. The number of carbonyl (C=O) groups is 1. The first-order valence-corrected chi connectivity index (χ1v) is 8.97. The summed E-state index contributed by atoms with van der Waals surface area (Å²) in [6, 6.07) is 16.3. The highest BCUT2D eigenvalue weighted by Crippen LogP contribution is 2.21. The van der Waals surface area contributed by atoms with Crippen molar-refractivity contribution in [1.29, 1.82) is 0 Å². The van der Waals surface area contributed by atoms with Crippen LogP contribution in [0, 0.1) is 13.8 Å². The van der Waals surface area contributed by atoms with Gasteiger partial charge < -0.3 is 10.2 Å². The molecule has 1 fully saturated rings. The van der Waals surface area contributed by atoms with Gasteiger partial charge in [0.2, 0.25) is 5.91 Å². The molecule has 0 saturated carbocycles. The fourth-order valence-corrected chi connectivity index (χ4v) is 3.32.